The summed E-state index contributed by atoms with van der Waals surface area (Å²) in [6, 6.07) is 12.8. The predicted octanol–water partition coefficient (Wildman–Crippen LogP) is 1.80. The molecule has 1 aromatic heterocycles. The highest BCUT2D eigenvalue weighted by Gasteiger charge is 2.23. The Bertz CT molecular complexity index is 1260. The van der Waals surface area contributed by atoms with Crippen LogP contribution in [0.4, 0.5) is 4.39 Å². The van der Waals surface area contributed by atoms with Crippen LogP contribution in [0.15, 0.2) is 58.1 Å². The molecule has 166 valence electrons. The number of aromatic nitrogens is 3. The molecule has 1 aliphatic rings. The lowest BCUT2D eigenvalue weighted by molar-refractivity contribution is 0.0849. The lowest BCUT2D eigenvalue weighted by atomic mass is 10.1. The number of benzene rings is 2. The molecule has 8 nitrogen and oxygen atoms in total. The number of rotatable bonds is 6. The second kappa shape index (κ2) is 9.27. The quantitative estimate of drug-likeness (QED) is 0.633. The highest BCUT2D eigenvalue weighted by Crippen LogP contribution is 2.11. The molecule has 1 N–H and O–H groups in total. The van der Waals surface area contributed by atoms with Crippen LogP contribution in [0.5, 0.6) is 0 Å². The zero-order valence-corrected chi connectivity index (χ0v) is 17.6. The predicted molar refractivity (Wildman–Crippen MR) is 116 cm³/mol. The Balaban J connectivity index is 1.79. The van der Waals surface area contributed by atoms with Gasteiger partial charge in [0.2, 0.25) is 5.69 Å². The Hall–Kier alpha value is -3.59. The van der Waals surface area contributed by atoms with E-state index in [1.165, 1.54) is 18.2 Å². The van der Waals surface area contributed by atoms with Crippen molar-refractivity contribution < 1.29 is 13.9 Å². The van der Waals surface area contributed by atoms with Gasteiger partial charge in [0.15, 0.2) is 0 Å². The SMILES string of the molecule is Cc1cccc(Cn2c(=O)c(C(=O)NCC3CCCO3)nn(-c3ccccc3F)c2=O)c1. The van der Waals surface area contributed by atoms with Crippen LogP contribution in [0.2, 0.25) is 0 Å². The molecule has 0 radical (unpaired) electrons. The van der Waals surface area contributed by atoms with E-state index < -0.39 is 28.7 Å². The minimum atomic E-state index is -0.839. The molecule has 0 aliphatic carbocycles. The van der Waals surface area contributed by atoms with Gasteiger partial charge in [0.05, 0.1) is 12.6 Å². The van der Waals surface area contributed by atoms with Crippen molar-refractivity contribution >= 4 is 5.91 Å². The largest absolute Gasteiger partial charge is 0.376 e. The molecule has 1 atom stereocenters. The van der Waals surface area contributed by atoms with Crippen LogP contribution >= 0.6 is 0 Å². The van der Waals surface area contributed by atoms with E-state index in [9.17, 15) is 18.8 Å². The van der Waals surface area contributed by atoms with Gasteiger partial charge in [-0.25, -0.2) is 9.18 Å². The third-order valence-corrected chi connectivity index (χ3v) is 5.29. The second-order valence-electron chi connectivity index (χ2n) is 7.72. The van der Waals surface area contributed by atoms with Crippen LogP contribution in [-0.2, 0) is 11.3 Å². The van der Waals surface area contributed by atoms with Crippen LogP contribution in [-0.4, -0.2) is 39.5 Å². The number of ether oxygens (including phenoxy) is 1. The van der Waals surface area contributed by atoms with Crippen molar-refractivity contribution in [1.29, 1.82) is 0 Å². The highest BCUT2D eigenvalue weighted by atomic mass is 19.1. The Kier molecular flexibility index (Phi) is 6.27. The fraction of sp³-hybridized carbons (Fsp3) is 0.304. The molecule has 1 fully saturated rings. The van der Waals surface area contributed by atoms with Crippen molar-refractivity contribution in [3.8, 4) is 5.69 Å². The molecule has 0 saturated carbocycles. The number of amides is 1. The zero-order valence-electron chi connectivity index (χ0n) is 17.6. The molecule has 2 aromatic carbocycles. The van der Waals surface area contributed by atoms with Crippen LogP contribution in [0.1, 0.15) is 34.5 Å². The molecular formula is C23H23FN4O4. The van der Waals surface area contributed by atoms with Gasteiger partial charge in [-0.1, -0.05) is 42.0 Å². The van der Waals surface area contributed by atoms with E-state index in [0.717, 1.165) is 27.7 Å². The third kappa shape index (κ3) is 4.52. The zero-order chi connectivity index (χ0) is 22.7. The molecule has 9 heteroatoms. The van der Waals surface area contributed by atoms with Crippen molar-refractivity contribution in [2.75, 3.05) is 13.2 Å². The van der Waals surface area contributed by atoms with Gasteiger partial charge in [-0.3, -0.25) is 14.2 Å². The molecule has 3 aromatic rings. The Morgan fingerprint density at radius 3 is 2.75 bits per heavy atom. The maximum Gasteiger partial charge on any atom is 0.352 e. The van der Waals surface area contributed by atoms with Crippen molar-refractivity contribution in [1.82, 2.24) is 19.7 Å². The van der Waals surface area contributed by atoms with E-state index >= 15 is 0 Å². The normalized spacial score (nSPS) is 15.6. The number of nitrogens with zero attached hydrogens (tertiary/aromatic N) is 3. The van der Waals surface area contributed by atoms with Crippen molar-refractivity contribution in [2.45, 2.75) is 32.4 Å². The minimum Gasteiger partial charge on any atom is -0.376 e. The maximum atomic E-state index is 14.4. The van der Waals surface area contributed by atoms with E-state index in [4.69, 9.17) is 4.74 Å². The number of halogens is 1. The van der Waals surface area contributed by atoms with E-state index in [2.05, 4.69) is 10.4 Å². The van der Waals surface area contributed by atoms with E-state index in [1.807, 2.05) is 25.1 Å². The summed E-state index contributed by atoms with van der Waals surface area (Å²) >= 11 is 0. The Labute approximate surface area is 183 Å². The standard InChI is InChI=1S/C23H23FN4O4/c1-15-6-4-7-16(12-15)14-27-22(30)20(21(29)25-13-17-8-5-11-32-17)26-28(23(27)31)19-10-3-2-9-18(19)24/h2-4,6-7,9-10,12,17H,5,8,11,13-14H2,1H3,(H,25,29). The number of hydrogen-bond donors (Lipinski definition) is 1. The first-order valence-corrected chi connectivity index (χ1v) is 10.4. The van der Waals surface area contributed by atoms with Gasteiger partial charge in [0, 0.05) is 13.2 Å². The Morgan fingerprint density at radius 2 is 2.03 bits per heavy atom. The van der Waals surface area contributed by atoms with Gasteiger partial charge in [-0.05, 0) is 37.5 Å². The maximum absolute atomic E-state index is 14.4. The van der Waals surface area contributed by atoms with Crippen molar-refractivity contribution in [3.05, 3.63) is 92.0 Å². The summed E-state index contributed by atoms with van der Waals surface area (Å²) in [5.41, 5.74) is -0.664. The molecule has 1 amide bonds. The lowest BCUT2D eigenvalue weighted by Crippen LogP contribution is -2.46. The number of hydrogen-bond acceptors (Lipinski definition) is 5. The topological polar surface area (TPSA) is 95.2 Å². The number of carbonyl (C=O) groups excluding carboxylic acids is 1. The van der Waals surface area contributed by atoms with Crippen molar-refractivity contribution in [2.24, 2.45) is 0 Å². The Morgan fingerprint density at radius 1 is 1.22 bits per heavy atom. The number of aryl methyl sites for hydroxylation is 1. The summed E-state index contributed by atoms with van der Waals surface area (Å²) in [6.07, 6.45) is 1.58. The summed E-state index contributed by atoms with van der Waals surface area (Å²) in [5, 5.41) is 6.59. The van der Waals surface area contributed by atoms with Gasteiger partial charge in [0.1, 0.15) is 11.5 Å². The van der Waals surface area contributed by atoms with Gasteiger partial charge >= 0.3 is 5.69 Å². The van der Waals surface area contributed by atoms with E-state index in [-0.39, 0.29) is 24.9 Å². The van der Waals surface area contributed by atoms with Crippen LogP contribution in [0.25, 0.3) is 5.69 Å². The molecule has 1 saturated heterocycles. The number of carbonyl (C=O) groups is 1. The highest BCUT2D eigenvalue weighted by molar-refractivity contribution is 5.91. The molecule has 32 heavy (non-hydrogen) atoms. The summed E-state index contributed by atoms with van der Waals surface area (Å²) in [4.78, 5) is 39.0. The molecule has 1 unspecified atom stereocenters. The van der Waals surface area contributed by atoms with Crippen LogP contribution < -0.4 is 16.6 Å². The van der Waals surface area contributed by atoms with Crippen LogP contribution in [0, 0.1) is 12.7 Å². The van der Waals surface area contributed by atoms with Gasteiger partial charge in [-0.2, -0.15) is 9.78 Å². The third-order valence-electron chi connectivity index (χ3n) is 5.29. The monoisotopic (exact) mass is 438 g/mol. The van der Waals surface area contributed by atoms with Crippen molar-refractivity contribution in [3.63, 3.8) is 0 Å². The summed E-state index contributed by atoms with van der Waals surface area (Å²) in [6.45, 7) is 2.65. The molecule has 1 aliphatic heterocycles. The second-order valence-corrected chi connectivity index (χ2v) is 7.72. The van der Waals surface area contributed by atoms with Crippen LogP contribution in [0.3, 0.4) is 0 Å². The summed E-state index contributed by atoms with van der Waals surface area (Å²) in [5.74, 6) is -1.44. The number of nitrogens with one attached hydrogen (secondary N) is 1. The fourth-order valence-corrected chi connectivity index (χ4v) is 3.67. The average Bonchev–Trinajstić information content (AvgIpc) is 3.30. The molecule has 0 spiro atoms. The first-order valence-electron chi connectivity index (χ1n) is 10.4. The first kappa shape index (κ1) is 21.6. The minimum absolute atomic E-state index is 0.0810. The average molecular weight is 438 g/mol. The molecule has 2 heterocycles. The van der Waals surface area contributed by atoms with Gasteiger partial charge < -0.3 is 10.1 Å². The summed E-state index contributed by atoms with van der Waals surface area (Å²) in [7, 11) is 0. The first-order chi connectivity index (χ1) is 15.4. The van der Waals surface area contributed by atoms with E-state index in [1.54, 1.807) is 12.1 Å². The van der Waals surface area contributed by atoms with Gasteiger partial charge in [-0.15, -0.1) is 0 Å². The smallest absolute Gasteiger partial charge is 0.352 e. The number of para-hydroxylation sites is 1. The van der Waals surface area contributed by atoms with E-state index in [0.29, 0.717) is 12.2 Å². The molecular weight excluding hydrogens is 415 g/mol. The lowest BCUT2D eigenvalue weighted by Gasteiger charge is -2.14. The summed E-state index contributed by atoms with van der Waals surface area (Å²) < 4.78 is 21.6. The molecule has 4 rings (SSSR count). The molecule has 0 bridgehead atoms. The fourth-order valence-electron chi connectivity index (χ4n) is 3.67. The van der Waals surface area contributed by atoms with Gasteiger partial charge in [0.25, 0.3) is 11.5 Å².